The lowest BCUT2D eigenvalue weighted by molar-refractivity contribution is 0.143. The molecule has 0 bridgehead atoms. The Labute approximate surface area is 89.3 Å². The van der Waals surface area contributed by atoms with Crippen LogP contribution in [0, 0.1) is 5.82 Å². The summed E-state index contributed by atoms with van der Waals surface area (Å²) in [7, 11) is 1.58. The van der Waals surface area contributed by atoms with Crippen LogP contribution in [0.4, 0.5) is 4.39 Å². The minimum Gasteiger partial charge on any atom is -0.488 e. The Balaban J connectivity index is 2.77. The molecule has 15 heavy (non-hydrogen) atoms. The SMILES string of the molecule is C=CCc1cccc(F)c1OCCOC. The molecular formula is C12H15FO2. The van der Waals surface area contributed by atoms with Gasteiger partial charge in [-0.15, -0.1) is 6.58 Å². The van der Waals surface area contributed by atoms with E-state index in [9.17, 15) is 4.39 Å². The Morgan fingerprint density at radius 1 is 1.40 bits per heavy atom. The summed E-state index contributed by atoms with van der Waals surface area (Å²) in [5.74, 6) is -0.0418. The third kappa shape index (κ3) is 3.36. The van der Waals surface area contributed by atoms with E-state index >= 15 is 0 Å². The molecule has 0 aromatic heterocycles. The first-order chi connectivity index (χ1) is 7.29. The minimum atomic E-state index is -0.342. The van der Waals surface area contributed by atoms with Gasteiger partial charge in [0.15, 0.2) is 11.6 Å². The summed E-state index contributed by atoms with van der Waals surface area (Å²) in [6.07, 6.45) is 2.32. The van der Waals surface area contributed by atoms with Crippen molar-refractivity contribution in [1.82, 2.24) is 0 Å². The highest BCUT2D eigenvalue weighted by atomic mass is 19.1. The van der Waals surface area contributed by atoms with Gasteiger partial charge in [-0.2, -0.15) is 0 Å². The van der Waals surface area contributed by atoms with Crippen LogP contribution >= 0.6 is 0 Å². The third-order valence-corrected chi connectivity index (χ3v) is 1.95. The van der Waals surface area contributed by atoms with Gasteiger partial charge in [0.1, 0.15) is 6.61 Å². The van der Waals surface area contributed by atoms with E-state index in [2.05, 4.69) is 6.58 Å². The quantitative estimate of drug-likeness (QED) is 0.530. The van der Waals surface area contributed by atoms with Crippen molar-refractivity contribution in [3.05, 3.63) is 42.2 Å². The highest BCUT2D eigenvalue weighted by Crippen LogP contribution is 2.23. The predicted molar refractivity (Wildman–Crippen MR) is 57.7 cm³/mol. The van der Waals surface area contributed by atoms with Crippen molar-refractivity contribution in [2.45, 2.75) is 6.42 Å². The van der Waals surface area contributed by atoms with Gasteiger partial charge in [-0.3, -0.25) is 0 Å². The first-order valence-corrected chi connectivity index (χ1v) is 4.79. The molecule has 0 amide bonds. The van der Waals surface area contributed by atoms with Gasteiger partial charge in [0, 0.05) is 12.7 Å². The second-order valence-corrected chi connectivity index (χ2v) is 3.06. The molecule has 1 rings (SSSR count). The van der Waals surface area contributed by atoms with Gasteiger partial charge in [-0.25, -0.2) is 4.39 Å². The van der Waals surface area contributed by atoms with E-state index in [1.54, 1.807) is 19.3 Å². The average Bonchev–Trinajstić information content (AvgIpc) is 2.23. The van der Waals surface area contributed by atoms with Crippen molar-refractivity contribution >= 4 is 0 Å². The molecule has 0 heterocycles. The van der Waals surface area contributed by atoms with E-state index in [-0.39, 0.29) is 5.82 Å². The molecule has 0 aliphatic rings. The standard InChI is InChI=1S/C12H15FO2/c1-3-5-10-6-4-7-11(13)12(10)15-9-8-14-2/h3-4,6-7H,1,5,8-9H2,2H3. The van der Waals surface area contributed by atoms with Gasteiger partial charge in [-0.1, -0.05) is 18.2 Å². The molecule has 0 N–H and O–H groups in total. The summed E-state index contributed by atoms with van der Waals surface area (Å²) in [6.45, 7) is 4.42. The highest BCUT2D eigenvalue weighted by molar-refractivity contribution is 5.36. The Hall–Kier alpha value is -1.35. The fourth-order valence-electron chi connectivity index (χ4n) is 1.26. The third-order valence-electron chi connectivity index (χ3n) is 1.95. The van der Waals surface area contributed by atoms with Crippen molar-refractivity contribution < 1.29 is 13.9 Å². The molecule has 0 unspecified atom stereocenters. The van der Waals surface area contributed by atoms with Crippen LogP contribution in [0.5, 0.6) is 5.75 Å². The summed E-state index contributed by atoms with van der Waals surface area (Å²) < 4.78 is 23.5. The zero-order valence-electron chi connectivity index (χ0n) is 8.83. The normalized spacial score (nSPS) is 10.0. The molecule has 0 saturated carbocycles. The van der Waals surface area contributed by atoms with Crippen molar-refractivity contribution in [2.24, 2.45) is 0 Å². The molecule has 0 aliphatic heterocycles. The van der Waals surface area contributed by atoms with E-state index in [4.69, 9.17) is 9.47 Å². The number of benzene rings is 1. The van der Waals surface area contributed by atoms with Crippen LogP contribution in [0.25, 0.3) is 0 Å². The maximum Gasteiger partial charge on any atom is 0.165 e. The number of allylic oxidation sites excluding steroid dienone is 1. The van der Waals surface area contributed by atoms with Crippen LogP contribution < -0.4 is 4.74 Å². The molecule has 0 aliphatic carbocycles. The number of hydrogen-bond donors (Lipinski definition) is 0. The summed E-state index contributed by atoms with van der Waals surface area (Å²) in [4.78, 5) is 0. The Kier molecular flexibility index (Phi) is 4.84. The number of hydrogen-bond acceptors (Lipinski definition) is 2. The molecule has 0 radical (unpaired) electrons. The molecule has 2 nitrogen and oxygen atoms in total. The monoisotopic (exact) mass is 210 g/mol. The van der Waals surface area contributed by atoms with Gasteiger partial charge >= 0.3 is 0 Å². The molecule has 82 valence electrons. The second kappa shape index (κ2) is 6.19. The van der Waals surface area contributed by atoms with Crippen molar-refractivity contribution in [3.8, 4) is 5.75 Å². The first-order valence-electron chi connectivity index (χ1n) is 4.79. The molecule has 0 spiro atoms. The highest BCUT2D eigenvalue weighted by Gasteiger charge is 2.08. The predicted octanol–water partition coefficient (Wildman–Crippen LogP) is 2.58. The molecule has 3 heteroatoms. The van der Waals surface area contributed by atoms with Crippen molar-refractivity contribution in [2.75, 3.05) is 20.3 Å². The van der Waals surface area contributed by atoms with E-state index in [1.165, 1.54) is 6.07 Å². The smallest absolute Gasteiger partial charge is 0.165 e. The molecule has 1 aromatic rings. The molecule has 1 aromatic carbocycles. The van der Waals surface area contributed by atoms with Crippen LogP contribution in [0.15, 0.2) is 30.9 Å². The Bertz CT molecular complexity index is 323. The van der Waals surface area contributed by atoms with E-state index in [1.807, 2.05) is 6.07 Å². The number of ether oxygens (including phenoxy) is 2. The maximum absolute atomic E-state index is 13.4. The number of halogens is 1. The lowest BCUT2D eigenvalue weighted by atomic mass is 10.1. The van der Waals surface area contributed by atoms with E-state index in [0.29, 0.717) is 25.4 Å². The minimum absolute atomic E-state index is 0.300. The van der Waals surface area contributed by atoms with Gasteiger partial charge in [0.05, 0.1) is 6.61 Å². The largest absolute Gasteiger partial charge is 0.488 e. The van der Waals surface area contributed by atoms with Crippen LogP contribution in [0.1, 0.15) is 5.56 Å². The maximum atomic E-state index is 13.4. The molecular weight excluding hydrogens is 195 g/mol. The Morgan fingerprint density at radius 3 is 2.87 bits per heavy atom. The summed E-state index contributed by atoms with van der Waals surface area (Å²) >= 11 is 0. The van der Waals surface area contributed by atoms with Crippen LogP contribution in [-0.2, 0) is 11.2 Å². The number of para-hydroxylation sites is 1. The summed E-state index contributed by atoms with van der Waals surface area (Å²) in [5, 5.41) is 0. The summed E-state index contributed by atoms with van der Waals surface area (Å²) in [5.41, 5.74) is 0.807. The lowest BCUT2D eigenvalue weighted by Crippen LogP contribution is -2.07. The fourth-order valence-corrected chi connectivity index (χ4v) is 1.26. The van der Waals surface area contributed by atoms with Gasteiger partial charge in [0.25, 0.3) is 0 Å². The first kappa shape index (κ1) is 11.7. The number of methoxy groups -OCH3 is 1. The van der Waals surface area contributed by atoms with Crippen LogP contribution in [0.3, 0.4) is 0 Å². The molecule has 0 saturated heterocycles. The second-order valence-electron chi connectivity index (χ2n) is 3.06. The van der Waals surface area contributed by atoms with Crippen molar-refractivity contribution in [3.63, 3.8) is 0 Å². The fraction of sp³-hybridized carbons (Fsp3) is 0.333. The summed E-state index contributed by atoms with van der Waals surface area (Å²) in [6, 6.07) is 4.87. The van der Waals surface area contributed by atoms with Crippen LogP contribution in [-0.4, -0.2) is 20.3 Å². The van der Waals surface area contributed by atoms with Gasteiger partial charge in [0.2, 0.25) is 0 Å². The van der Waals surface area contributed by atoms with E-state index in [0.717, 1.165) is 5.56 Å². The topological polar surface area (TPSA) is 18.5 Å². The van der Waals surface area contributed by atoms with Gasteiger partial charge in [-0.05, 0) is 12.5 Å². The van der Waals surface area contributed by atoms with Crippen LogP contribution in [0.2, 0.25) is 0 Å². The molecule has 0 fully saturated rings. The zero-order valence-corrected chi connectivity index (χ0v) is 8.83. The molecule has 0 atom stereocenters. The Morgan fingerprint density at radius 2 is 2.20 bits per heavy atom. The van der Waals surface area contributed by atoms with Crippen molar-refractivity contribution in [1.29, 1.82) is 0 Å². The average molecular weight is 210 g/mol. The number of rotatable bonds is 6. The zero-order chi connectivity index (χ0) is 11.1. The van der Waals surface area contributed by atoms with Gasteiger partial charge < -0.3 is 9.47 Å². The van der Waals surface area contributed by atoms with E-state index < -0.39 is 0 Å². The lowest BCUT2D eigenvalue weighted by Gasteiger charge is -2.10.